The lowest BCUT2D eigenvalue weighted by Crippen LogP contribution is -2.47. The fourth-order valence-electron chi connectivity index (χ4n) is 3.53. The van der Waals surface area contributed by atoms with Crippen LogP contribution in [0.5, 0.6) is 0 Å². The van der Waals surface area contributed by atoms with Crippen LogP contribution in [-0.2, 0) is 9.47 Å². The number of carbonyl (C=O) groups is 1. The van der Waals surface area contributed by atoms with Gasteiger partial charge >= 0.3 is 6.03 Å². The van der Waals surface area contributed by atoms with Gasteiger partial charge in [-0.1, -0.05) is 0 Å². The second-order valence-corrected chi connectivity index (χ2v) is 8.24. The Kier molecular flexibility index (Phi) is 6.90. The van der Waals surface area contributed by atoms with Crippen molar-refractivity contribution in [1.29, 1.82) is 0 Å². The monoisotopic (exact) mass is 342 g/mol. The number of thioether (sulfide) groups is 1. The average molecular weight is 343 g/mol. The molecule has 132 valence electrons. The summed E-state index contributed by atoms with van der Waals surface area (Å²) in [6.07, 6.45) is 8.55. The van der Waals surface area contributed by atoms with Gasteiger partial charge in [0.1, 0.15) is 0 Å². The standard InChI is InChI=1S/C17H30N2O3S/c20-17(18-12-16-5-3-11-23-16)19-8-6-14(7-9-19)22-13-15-4-1-2-10-21-15/h14-16H,1-13H2,(H,18,20)/t15-,16+/m1/s1. The molecule has 0 radical (unpaired) electrons. The molecule has 3 aliphatic rings. The number of likely N-dealkylation sites (tertiary alicyclic amines) is 1. The summed E-state index contributed by atoms with van der Waals surface area (Å²) in [4.78, 5) is 14.2. The molecule has 0 spiro atoms. The third-order valence-corrected chi connectivity index (χ3v) is 6.42. The maximum Gasteiger partial charge on any atom is 0.317 e. The summed E-state index contributed by atoms with van der Waals surface area (Å²) < 4.78 is 11.7. The third-order valence-electron chi connectivity index (χ3n) is 5.03. The summed E-state index contributed by atoms with van der Waals surface area (Å²) in [6, 6.07) is 0.103. The van der Waals surface area contributed by atoms with Gasteiger partial charge in [0.05, 0.1) is 18.8 Å². The zero-order valence-corrected chi connectivity index (χ0v) is 14.8. The SMILES string of the molecule is O=C(NC[C@@H]1CCCS1)N1CCC(OC[C@H]2CCCCO2)CC1. The van der Waals surface area contributed by atoms with E-state index in [0.717, 1.165) is 52.1 Å². The molecule has 0 aromatic heterocycles. The molecule has 5 nitrogen and oxygen atoms in total. The van der Waals surface area contributed by atoms with Crippen LogP contribution in [0.3, 0.4) is 0 Å². The van der Waals surface area contributed by atoms with E-state index in [1.54, 1.807) is 0 Å². The highest BCUT2D eigenvalue weighted by Crippen LogP contribution is 2.25. The molecule has 0 bridgehead atoms. The van der Waals surface area contributed by atoms with Crippen molar-refractivity contribution in [3.8, 4) is 0 Å². The van der Waals surface area contributed by atoms with Crippen molar-refractivity contribution in [2.75, 3.05) is 38.6 Å². The molecule has 3 heterocycles. The minimum absolute atomic E-state index is 0.103. The molecule has 2 amide bonds. The molecule has 23 heavy (non-hydrogen) atoms. The van der Waals surface area contributed by atoms with Crippen molar-refractivity contribution in [3.63, 3.8) is 0 Å². The first-order valence-electron chi connectivity index (χ1n) is 9.19. The Bertz CT molecular complexity index is 363. The maximum atomic E-state index is 12.2. The van der Waals surface area contributed by atoms with Crippen molar-refractivity contribution >= 4 is 17.8 Å². The molecular formula is C17H30N2O3S. The molecule has 0 aromatic rings. The van der Waals surface area contributed by atoms with Crippen molar-refractivity contribution in [1.82, 2.24) is 10.2 Å². The van der Waals surface area contributed by atoms with Crippen LogP contribution in [0.2, 0.25) is 0 Å². The van der Waals surface area contributed by atoms with Gasteiger partial charge in [-0.15, -0.1) is 0 Å². The second kappa shape index (κ2) is 9.14. The van der Waals surface area contributed by atoms with E-state index in [1.165, 1.54) is 31.4 Å². The van der Waals surface area contributed by atoms with Crippen LogP contribution in [0.15, 0.2) is 0 Å². The normalized spacial score (nSPS) is 29.7. The average Bonchev–Trinajstić information content (AvgIpc) is 3.13. The van der Waals surface area contributed by atoms with E-state index in [4.69, 9.17) is 9.47 Å². The summed E-state index contributed by atoms with van der Waals surface area (Å²) in [5, 5.41) is 3.72. The van der Waals surface area contributed by atoms with E-state index in [1.807, 2.05) is 16.7 Å². The van der Waals surface area contributed by atoms with Gasteiger partial charge in [-0.2, -0.15) is 11.8 Å². The smallest absolute Gasteiger partial charge is 0.317 e. The minimum Gasteiger partial charge on any atom is -0.376 e. The van der Waals surface area contributed by atoms with Gasteiger partial charge < -0.3 is 19.7 Å². The second-order valence-electron chi connectivity index (χ2n) is 6.83. The Morgan fingerprint density at radius 2 is 2.04 bits per heavy atom. The summed E-state index contributed by atoms with van der Waals surface area (Å²) in [7, 11) is 0. The Labute approximate surface area is 143 Å². The van der Waals surface area contributed by atoms with E-state index in [-0.39, 0.29) is 18.2 Å². The predicted molar refractivity (Wildman–Crippen MR) is 93.0 cm³/mol. The van der Waals surface area contributed by atoms with Gasteiger partial charge in [-0.05, 0) is 50.7 Å². The Morgan fingerprint density at radius 1 is 1.17 bits per heavy atom. The number of rotatable bonds is 5. The lowest BCUT2D eigenvalue weighted by molar-refractivity contribution is -0.0728. The molecule has 3 saturated heterocycles. The first-order chi connectivity index (χ1) is 11.3. The van der Waals surface area contributed by atoms with Crippen LogP contribution >= 0.6 is 11.8 Å². The third kappa shape index (κ3) is 5.54. The topological polar surface area (TPSA) is 50.8 Å². The summed E-state index contributed by atoms with van der Waals surface area (Å²) in [6.45, 7) is 4.03. The number of urea groups is 1. The molecular weight excluding hydrogens is 312 g/mol. The molecule has 6 heteroatoms. The van der Waals surface area contributed by atoms with E-state index in [2.05, 4.69) is 5.32 Å². The number of hydrogen-bond donors (Lipinski definition) is 1. The van der Waals surface area contributed by atoms with Gasteiger partial charge in [0, 0.05) is 31.5 Å². The lowest BCUT2D eigenvalue weighted by Gasteiger charge is -2.33. The van der Waals surface area contributed by atoms with Crippen LogP contribution in [0.25, 0.3) is 0 Å². The van der Waals surface area contributed by atoms with Gasteiger partial charge in [0.15, 0.2) is 0 Å². The van der Waals surface area contributed by atoms with Gasteiger partial charge in [0.25, 0.3) is 0 Å². The number of hydrogen-bond acceptors (Lipinski definition) is 4. The molecule has 3 rings (SSSR count). The minimum atomic E-state index is 0.103. The zero-order chi connectivity index (χ0) is 15.9. The van der Waals surface area contributed by atoms with E-state index in [9.17, 15) is 4.79 Å². The number of nitrogens with one attached hydrogen (secondary N) is 1. The molecule has 2 atom stereocenters. The number of ether oxygens (including phenoxy) is 2. The predicted octanol–water partition coefficient (Wildman–Crippen LogP) is 2.64. The maximum absolute atomic E-state index is 12.2. The fraction of sp³-hybridized carbons (Fsp3) is 0.941. The molecule has 3 aliphatic heterocycles. The number of carbonyl (C=O) groups excluding carboxylic acids is 1. The van der Waals surface area contributed by atoms with E-state index in [0.29, 0.717) is 5.25 Å². The quantitative estimate of drug-likeness (QED) is 0.834. The summed E-state index contributed by atoms with van der Waals surface area (Å²) in [5.41, 5.74) is 0. The lowest BCUT2D eigenvalue weighted by atomic mass is 10.1. The van der Waals surface area contributed by atoms with Crippen LogP contribution < -0.4 is 5.32 Å². The molecule has 0 saturated carbocycles. The van der Waals surface area contributed by atoms with Crippen LogP contribution in [0.4, 0.5) is 4.79 Å². The molecule has 0 aliphatic carbocycles. The first-order valence-corrected chi connectivity index (χ1v) is 10.2. The Hall–Kier alpha value is -0.460. The Balaban J connectivity index is 1.29. The molecule has 0 unspecified atom stereocenters. The van der Waals surface area contributed by atoms with Crippen LogP contribution in [0, 0.1) is 0 Å². The largest absolute Gasteiger partial charge is 0.376 e. The molecule has 3 fully saturated rings. The molecule has 1 N–H and O–H groups in total. The van der Waals surface area contributed by atoms with E-state index >= 15 is 0 Å². The van der Waals surface area contributed by atoms with Crippen molar-refractivity contribution < 1.29 is 14.3 Å². The van der Waals surface area contributed by atoms with Gasteiger partial charge in [-0.25, -0.2) is 4.79 Å². The highest BCUT2D eigenvalue weighted by atomic mass is 32.2. The fourth-order valence-corrected chi connectivity index (χ4v) is 4.73. The van der Waals surface area contributed by atoms with Crippen molar-refractivity contribution in [2.45, 2.75) is 62.4 Å². The number of piperidine rings is 1. The van der Waals surface area contributed by atoms with Crippen molar-refractivity contribution in [3.05, 3.63) is 0 Å². The molecule has 0 aromatic carbocycles. The highest BCUT2D eigenvalue weighted by Gasteiger charge is 2.25. The summed E-state index contributed by atoms with van der Waals surface area (Å²) in [5.74, 6) is 1.24. The van der Waals surface area contributed by atoms with Gasteiger partial charge in [-0.3, -0.25) is 0 Å². The number of nitrogens with zero attached hydrogens (tertiary/aromatic N) is 1. The zero-order valence-electron chi connectivity index (χ0n) is 14.0. The summed E-state index contributed by atoms with van der Waals surface area (Å²) >= 11 is 1.99. The first kappa shape index (κ1) is 17.4. The van der Waals surface area contributed by atoms with E-state index < -0.39 is 0 Å². The van der Waals surface area contributed by atoms with Crippen LogP contribution in [0.1, 0.15) is 44.9 Å². The highest BCUT2D eigenvalue weighted by molar-refractivity contribution is 8.00. The number of amides is 2. The Morgan fingerprint density at radius 3 is 2.74 bits per heavy atom. The van der Waals surface area contributed by atoms with Gasteiger partial charge in [0.2, 0.25) is 0 Å². The van der Waals surface area contributed by atoms with Crippen molar-refractivity contribution in [2.24, 2.45) is 0 Å². The van der Waals surface area contributed by atoms with Crippen LogP contribution in [-0.4, -0.2) is 67.0 Å².